The van der Waals surface area contributed by atoms with Crippen LogP contribution in [0.5, 0.6) is 0 Å². The van der Waals surface area contributed by atoms with Crippen LogP contribution < -0.4 is 0 Å². The standard InChI is InChI=1S/2C6H10N2.3CH4/c2*1-5-3-7-6(2)8-4-5;;;/h2*3-6H,1-2H3;3*1H4. The molecule has 0 aliphatic carbocycles. The molecule has 2 aliphatic heterocycles. The van der Waals surface area contributed by atoms with Gasteiger partial charge in [-0.2, -0.15) is 0 Å². The van der Waals surface area contributed by atoms with Crippen molar-refractivity contribution in [3.8, 4) is 0 Å². The molecule has 0 saturated carbocycles. The lowest BCUT2D eigenvalue weighted by Crippen LogP contribution is -2.08. The van der Waals surface area contributed by atoms with E-state index in [2.05, 4.69) is 33.8 Å². The highest BCUT2D eigenvalue weighted by Gasteiger charge is 2.00. The van der Waals surface area contributed by atoms with Gasteiger partial charge in [0.1, 0.15) is 12.3 Å². The Balaban J connectivity index is -0.000000233. The summed E-state index contributed by atoms with van der Waals surface area (Å²) in [5, 5.41) is 0. The molecule has 2 aliphatic rings. The second-order valence-electron chi connectivity index (χ2n) is 4.17. The molecule has 0 amide bonds. The molecule has 4 nitrogen and oxygen atoms in total. The zero-order valence-corrected chi connectivity index (χ0v) is 10.4. The molecule has 0 saturated heterocycles. The van der Waals surface area contributed by atoms with E-state index < -0.39 is 0 Å². The lowest BCUT2D eigenvalue weighted by Gasteiger charge is -2.06. The summed E-state index contributed by atoms with van der Waals surface area (Å²) >= 11 is 0. The number of hydrogen-bond acceptors (Lipinski definition) is 4. The van der Waals surface area contributed by atoms with E-state index in [9.17, 15) is 0 Å². The topological polar surface area (TPSA) is 49.4 Å². The van der Waals surface area contributed by atoms with Gasteiger partial charge >= 0.3 is 0 Å². The molecule has 0 unspecified atom stereocenters. The van der Waals surface area contributed by atoms with Crippen LogP contribution in [-0.4, -0.2) is 37.2 Å². The van der Waals surface area contributed by atoms with Crippen molar-refractivity contribution in [2.24, 2.45) is 31.8 Å². The number of nitrogens with zero attached hydrogens (tertiary/aromatic N) is 4. The highest BCUT2D eigenvalue weighted by molar-refractivity contribution is 5.84. The Hall–Kier alpha value is -1.32. The molecule has 19 heavy (non-hydrogen) atoms. The van der Waals surface area contributed by atoms with E-state index >= 15 is 0 Å². The maximum Gasteiger partial charge on any atom is 0.136 e. The Labute approximate surface area is 119 Å². The Morgan fingerprint density at radius 1 is 0.526 bits per heavy atom. The molecular weight excluding hydrogens is 236 g/mol. The van der Waals surface area contributed by atoms with Crippen LogP contribution in [0.25, 0.3) is 0 Å². The first-order valence-corrected chi connectivity index (χ1v) is 5.71. The number of hydrogen-bond donors (Lipinski definition) is 0. The normalized spacial score (nSPS) is 30.1. The molecule has 0 bridgehead atoms. The van der Waals surface area contributed by atoms with Gasteiger partial charge in [-0.25, -0.2) is 0 Å². The molecule has 4 heteroatoms. The van der Waals surface area contributed by atoms with Gasteiger partial charge in [-0.1, -0.05) is 36.1 Å². The predicted molar refractivity (Wildman–Crippen MR) is 91.4 cm³/mol. The maximum atomic E-state index is 4.09. The van der Waals surface area contributed by atoms with E-state index in [4.69, 9.17) is 0 Å². The fourth-order valence-electron chi connectivity index (χ4n) is 1.20. The van der Waals surface area contributed by atoms with Crippen molar-refractivity contribution < 1.29 is 0 Å². The summed E-state index contributed by atoms with van der Waals surface area (Å²) in [4.78, 5) is 16.4. The summed E-state index contributed by atoms with van der Waals surface area (Å²) in [5.74, 6) is 0.873. The molecule has 2 rings (SSSR count). The lowest BCUT2D eigenvalue weighted by molar-refractivity contribution is 0.772. The Morgan fingerprint density at radius 3 is 0.895 bits per heavy atom. The van der Waals surface area contributed by atoms with Crippen LogP contribution in [0.3, 0.4) is 0 Å². The van der Waals surface area contributed by atoms with Crippen LogP contribution in [0.1, 0.15) is 50.0 Å². The third kappa shape index (κ3) is 10.3. The fourth-order valence-corrected chi connectivity index (χ4v) is 1.20. The highest BCUT2D eigenvalue weighted by atomic mass is 15.0. The number of rotatable bonds is 0. The maximum absolute atomic E-state index is 4.09. The Bertz CT molecular complexity index is 230. The monoisotopic (exact) mass is 268 g/mol. The van der Waals surface area contributed by atoms with Crippen LogP contribution in [0.4, 0.5) is 0 Å². The van der Waals surface area contributed by atoms with Gasteiger partial charge in [0.2, 0.25) is 0 Å². The second-order valence-corrected chi connectivity index (χ2v) is 4.17. The minimum absolute atomic E-state index is 0. The molecule has 112 valence electrons. The molecule has 0 N–H and O–H groups in total. The third-order valence-electron chi connectivity index (χ3n) is 2.15. The summed E-state index contributed by atoms with van der Waals surface area (Å²) in [7, 11) is 0. The molecule has 0 atom stereocenters. The van der Waals surface area contributed by atoms with Crippen molar-refractivity contribution in [1.82, 2.24) is 0 Å². The quantitative estimate of drug-likeness (QED) is 0.633. The molecular formula is C15H32N4. The van der Waals surface area contributed by atoms with Gasteiger partial charge in [-0.3, -0.25) is 20.0 Å². The average molecular weight is 268 g/mol. The predicted octanol–water partition coefficient (Wildman–Crippen LogP) is 4.16. The lowest BCUT2D eigenvalue weighted by atomic mass is 10.2. The molecule has 0 aromatic heterocycles. The molecule has 0 fully saturated rings. The van der Waals surface area contributed by atoms with Crippen molar-refractivity contribution in [2.75, 3.05) is 0 Å². The Morgan fingerprint density at radius 2 is 0.737 bits per heavy atom. The van der Waals surface area contributed by atoms with E-state index in [1.54, 1.807) is 0 Å². The van der Waals surface area contributed by atoms with E-state index in [0.717, 1.165) is 0 Å². The van der Waals surface area contributed by atoms with Crippen LogP contribution in [0.2, 0.25) is 0 Å². The summed E-state index contributed by atoms with van der Waals surface area (Å²) in [5.41, 5.74) is 0. The first-order valence-electron chi connectivity index (χ1n) is 5.71. The minimum Gasteiger partial charge on any atom is -0.270 e. The van der Waals surface area contributed by atoms with Gasteiger partial charge < -0.3 is 0 Å². The van der Waals surface area contributed by atoms with Gasteiger partial charge in [0, 0.05) is 36.7 Å². The zero-order chi connectivity index (χ0) is 12.0. The third-order valence-corrected chi connectivity index (χ3v) is 2.15. The van der Waals surface area contributed by atoms with Gasteiger partial charge in [0.15, 0.2) is 0 Å². The highest BCUT2D eigenvalue weighted by Crippen LogP contribution is 1.99. The smallest absolute Gasteiger partial charge is 0.136 e. The van der Waals surface area contributed by atoms with Crippen molar-refractivity contribution in [3.05, 3.63) is 0 Å². The van der Waals surface area contributed by atoms with Crippen LogP contribution >= 0.6 is 0 Å². The zero-order valence-electron chi connectivity index (χ0n) is 10.4. The fraction of sp³-hybridized carbons (Fsp3) is 0.733. The molecule has 0 spiro atoms. The first-order chi connectivity index (χ1) is 7.58. The summed E-state index contributed by atoms with van der Waals surface area (Å²) in [6.07, 6.45) is 8.03. The SMILES string of the molecule is C.C.C.CC1C=NC(C)N=C1.CC1C=NC(C)N=C1. The summed E-state index contributed by atoms with van der Waals surface area (Å²) in [6.45, 7) is 8.08. The van der Waals surface area contributed by atoms with E-state index in [1.165, 1.54) is 0 Å². The second kappa shape index (κ2) is 11.8. The van der Waals surface area contributed by atoms with Crippen molar-refractivity contribution in [1.29, 1.82) is 0 Å². The minimum atomic E-state index is 0. The van der Waals surface area contributed by atoms with E-state index in [1.807, 2.05) is 38.7 Å². The van der Waals surface area contributed by atoms with Gasteiger partial charge in [0.05, 0.1) is 0 Å². The van der Waals surface area contributed by atoms with Crippen LogP contribution in [0.15, 0.2) is 20.0 Å². The average Bonchev–Trinajstić information content (AvgIpc) is 2.28. The van der Waals surface area contributed by atoms with E-state index in [0.29, 0.717) is 11.8 Å². The molecule has 0 radical (unpaired) electrons. The van der Waals surface area contributed by atoms with Crippen LogP contribution in [0, 0.1) is 11.8 Å². The van der Waals surface area contributed by atoms with Crippen molar-refractivity contribution >= 4 is 24.9 Å². The molecule has 0 aromatic rings. The number of aliphatic imine (C=N–C) groups is 4. The van der Waals surface area contributed by atoms with Crippen molar-refractivity contribution in [3.63, 3.8) is 0 Å². The van der Waals surface area contributed by atoms with Crippen molar-refractivity contribution in [2.45, 2.75) is 62.3 Å². The van der Waals surface area contributed by atoms with Crippen LogP contribution in [-0.2, 0) is 0 Å². The largest absolute Gasteiger partial charge is 0.270 e. The van der Waals surface area contributed by atoms with Gasteiger partial charge in [-0.05, 0) is 13.8 Å². The first kappa shape index (κ1) is 22.8. The summed E-state index contributed by atoms with van der Waals surface area (Å²) in [6, 6.07) is 0. The summed E-state index contributed by atoms with van der Waals surface area (Å²) < 4.78 is 0. The van der Waals surface area contributed by atoms with Gasteiger partial charge in [-0.15, -0.1) is 0 Å². The Kier molecular flexibility index (Phi) is 14.1. The van der Waals surface area contributed by atoms with E-state index in [-0.39, 0.29) is 34.6 Å². The molecule has 2 heterocycles. The van der Waals surface area contributed by atoms with Gasteiger partial charge in [0.25, 0.3) is 0 Å². The molecule has 0 aromatic carbocycles.